The van der Waals surface area contributed by atoms with Crippen LogP contribution in [0.4, 0.5) is 8.78 Å². The third-order valence-corrected chi connectivity index (χ3v) is 4.62. The van der Waals surface area contributed by atoms with E-state index < -0.39 is 37.0 Å². The molecule has 1 unspecified atom stereocenters. The number of esters is 1. The smallest absolute Gasteiger partial charge is 0.387 e. The van der Waals surface area contributed by atoms with E-state index in [1.807, 2.05) is 0 Å². The van der Waals surface area contributed by atoms with Gasteiger partial charge in [0, 0.05) is 6.54 Å². The molecule has 2 amide bonds. The molecule has 1 aromatic heterocycles. The summed E-state index contributed by atoms with van der Waals surface area (Å²) in [5.74, 6) is -1.88. The fourth-order valence-corrected chi connectivity index (χ4v) is 2.99. The minimum absolute atomic E-state index is 0.0280. The van der Waals surface area contributed by atoms with Gasteiger partial charge >= 0.3 is 12.6 Å². The minimum Gasteiger partial charge on any atom is -0.459 e. The monoisotopic (exact) mass is 472 g/mol. The molecule has 0 bridgehead atoms. The largest absolute Gasteiger partial charge is 0.459 e. The summed E-state index contributed by atoms with van der Waals surface area (Å²) in [6.45, 7) is -3.20. The van der Waals surface area contributed by atoms with Gasteiger partial charge in [-0.1, -0.05) is 42.5 Å². The van der Waals surface area contributed by atoms with Crippen LogP contribution in [0.15, 0.2) is 77.4 Å². The molecule has 0 radical (unpaired) electrons. The van der Waals surface area contributed by atoms with E-state index in [2.05, 4.69) is 15.4 Å². The first-order valence-corrected chi connectivity index (χ1v) is 10.3. The van der Waals surface area contributed by atoms with Crippen molar-refractivity contribution < 1.29 is 37.1 Å². The van der Waals surface area contributed by atoms with Crippen LogP contribution in [-0.2, 0) is 20.7 Å². The molecule has 1 atom stereocenters. The van der Waals surface area contributed by atoms with Crippen LogP contribution in [0.25, 0.3) is 0 Å². The van der Waals surface area contributed by atoms with Crippen molar-refractivity contribution in [1.82, 2.24) is 10.6 Å². The highest BCUT2D eigenvalue weighted by molar-refractivity contribution is 5.95. The second-order valence-electron chi connectivity index (χ2n) is 7.02. The van der Waals surface area contributed by atoms with Crippen molar-refractivity contribution in [3.63, 3.8) is 0 Å². The lowest BCUT2D eigenvalue weighted by atomic mass is 10.1. The van der Waals surface area contributed by atoms with E-state index in [1.165, 1.54) is 24.5 Å². The van der Waals surface area contributed by atoms with Crippen LogP contribution < -0.4 is 15.4 Å². The fraction of sp³-hybridized carbons (Fsp3) is 0.208. The van der Waals surface area contributed by atoms with Gasteiger partial charge in [0.25, 0.3) is 11.8 Å². The van der Waals surface area contributed by atoms with Crippen LogP contribution in [0, 0.1) is 0 Å². The molecule has 3 aromatic rings. The van der Waals surface area contributed by atoms with E-state index in [4.69, 9.17) is 9.15 Å². The Bertz CT molecular complexity index is 1070. The van der Waals surface area contributed by atoms with Crippen LogP contribution in [0.3, 0.4) is 0 Å². The third-order valence-electron chi connectivity index (χ3n) is 4.62. The highest BCUT2D eigenvalue weighted by Gasteiger charge is 2.26. The van der Waals surface area contributed by atoms with Crippen molar-refractivity contribution in [3.05, 3.63) is 89.9 Å². The quantitative estimate of drug-likeness (QED) is 0.415. The summed E-state index contributed by atoms with van der Waals surface area (Å²) < 4.78 is 38.8. The van der Waals surface area contributed by atoms with Gasteiger partial charge in [-0.2, -0.15) is 8.78 Å². The normalized spacial score (nSPS) is 11.5. The zero-order chi connectivity index (χ0) is 24.3. The Kier molecular flexibility index (Phi) is 8.73. The van der Waals surface area contributed by atoms with Crippen LogP contribution in [0.2, 0.25) is 0 Å². The molecule has 0 aliphatic carbocycles. The minimum atomic E-state index is -2.90. The van der Waals surface area contributed by atoms with Gasteiger partial charge in [0.15, 0.2) is 18.4 Å². The Labute approximate surface area is 193 Å². The second kappa shape index (κ2) is 12.1. The van der Waals surface area contributed by atoms with Crippen LogP contribution >= 0.6 is 0 Å². The van der Waals surface area contributed by atoms with E-state index in [9.17, 15) is 23.2 Å². The van der Waals surface area contributed by atoms with Crippen molar-refractivity contribution in [2.45, 2.75) is 19.1 Å². The molecule has 34 heavy (non-hydrogen) atoms. The molecule has 8 nitrogen and oxygen atoms in total. The van der Waals surface area contributed by atoms with Crippen LogP contribution in [0.1, 0.15) is 27.7 Å². The topological polar surface area (TPSA) is 107 Å². The number of carbonyl (C=O) groups excluding carboxylic acids is 3. The molecule has 178 valence electrons. The zero-order valence-corrected chi connectivity index (χ0v) is 17.9. The van der Waals surface area contributed by atoms with E-state index in [0.29, 0.717) is 12.0 Å². The maximum absolute atomic E-state index is 12.6. The van der Waals surface area contributed by atoms with Crippen molar-refractivity contribution in [2.24, 2.45) is 0 Å². The number of ether oxygens (including phenoxy) is 2. The van der Waals surface area contributed by atoms with Gasteiger partial charge in [-0.15, -0.1) is 0 Å². The number of nitrogens with one attached hydrogen (secondary N) is 2. The van der Waals surface area contributed by atoms with Gasteiger partial charge in [0.05, 0.1) is 6.26 Å². The van der Waals surface area contributed by atoms with Gasteiger partial charge in [-0.25, -0.2) is 4.79 Å². The van der Waals surface area contributed by atoms with Crippen LogP contribution in [-0.4, -0.2) is 37.5 Å². The molecule has 0 saturated carbocycles. The summed E-state index contributed by atoms with van der Waals surface area (Å²) >= 11 is 0. The number of furan rings is 1. The van der Waals surface area contributed by atoms with E-state index in [1.54, 1.807) is 48.5 Å². The third kappa shape index (κ3) is 7.44. The maximum atomic E-state index is 12.6. The molecule has 0 aliphatic heterocycles. The molecule has 0 aliphatic rings. The van der Waals surface area contributed by atoms with Crippen molar-refractivity contribution in [1.29, 1.82) is 0 Å². The summed E-state index contributed by atoms with van der Waals surface area (Å²) in [7, 11) is 0. The van der Waals surface area contributed by atoms with Gasteiger partial charge in [0.2, 0.25) is 0 Å². The van der Waals surface area contributed by atoms with Gasteiger partial charge in [-0.05, 0) is 41.8 Å². The Balaban J connectivity index is 1.48. The van der Waals surface area contributed by atoms with Crippen molar-refractivity contribution >= 4 is 17.8 Å². The first-order chi connectivity index (χ1) is 16.4. The average molecular weight is 472 g/mol. The summed E-state index contributed by atoms with van der Waals surface area (Å²) in [6, 6.07) is 16.3. The number of carbonyl (C=O) groups is 3. The number of hydrogen-bond donors (Lipinski definition) is 2. The summed E-state index contributed by atoms with van der Waals surface area (Å²) in [6.07, 6.45) is 1.77. The maximum Gasteiger partial charge on any atom is 0.387 e. The number of rotatable bonds is 11. The lowest BCUT2D eigenvalue weighted by Crippen LogP contribution is -2.37. The molecule has 2 N–H and O–H groups in total. The molecule has 0 fully saturated rings. The Hall–Kier alpha value is -4.21. The summed E-state index contributed by atoms with van der Waals surface area (Å²) in [4.78, 5) is 37.1. The van der Waals surface area contributed by atoms with Gasteiger partial charge in [0.1, 0.15) is 5.75 Å². The van der Waals surface area contributed by atoms with E-state index in [0.717, 1.165) is 5.56 Å². The number of alkyl halides is 2. The standard InChI is InChI=1S/C24H22F2N2O6/c25-24(26)34-18-10-8-16(9-11-18)12-13-27-20(29)15-33-23(31)21(17-5-2-1-3-6-17)28-22(30)19-7-4-14-32-19/h1-11,14,21,24H,12-13,15H2,(H,27,29)(H,28,30). The zero-order valence-electron chi connectivity index (χ0n) is 17.9. The Morgan fingerprint density at radius 2 is 1.68 bits per heavy atom. The number of amides is 2. The van der Waals surface area contributed by atoms with Gasteiger partial charge in [-0.3, -0.25) is 9.59 Å². The highest BCUT2D eigenvalue weighted by atomic mass is 19.3. The molecular formula is C24H22F2N2O6. The number of benzene rings is 2. The van der Waals surface area contributed by atoms with Crippen LogP contribution in [0.5, 0.6) is 5.75 Å². The van der Waals surface area contributed by atoms with Gasteiger partial charge < -0.3 is 24.5 Å². The molecule has 0 saturated heterocycles. The predicted octanol–water partition coefficient (Wildman–Crippen LogP) is 3.25. The first kappa shape index (κ1) is 24.4. The second-order valence-corrected chi connectivity index (χ2v) is 7.02. The lowest BCUT2D eigenvalue weighted by Gasteiger charge is -2.17. The molecule has 2 aromatic carbocycles. The predicted molar refractivity (Wildman–Crippen MR) is 116 cm³/mol. The Morgan fingerprint density at radius 3 is 2.32 bits per heavy atom. The molecule has 3 rings (SSSR count). The molecule has 0 spiro atoms. The fourth-order valence-electron chi connectivity index (χ4n) is 2.99. The average Bonchev–Trinajstić information content (AvgIpc) is 3.37. The van der Waals surface area contributed by atoms with E-state index >= 15 is 0 Å². The summed E-state index contributed by atoms with van der Waals surface area (Å²) in [5, 5.41) is 5.15. The number of hydrogen-bond acceptors (Lipinski definition) is 6. The first-order valence-electron chi connectivity index (χ1n) is 10.3. The van der Waals surface area contributed by atoms with Crippen molar-refractivity contribution in [2.75, 3.05) is 13.2 Å². The Morgan fingerprint density at radius 1 is 0.941 bits per heavy atom. The molecule has 10 heteroatoms. The number of halogens is 2. The SMILES string of the molecule is O=C(COC(=O)C(NC(=O)c1ccco1)c1ccccc1)NCCc1ccc(OC(F)F)cc1. The highest BCUT2D eigenvalue weighted by Crippen LogP contribution is 2.16. The lowest BCUT2D eigenvalue weighted by molar-refractivity contribution is -0.150. The molecule has 1 heterocycles. The molecular weight excluding hydrogens is 450 g/mol. The van der Waals surface area contributed by atoms with Crippen molar-refractivity contribution in [3.8, 4) is 5.75 Å². The summed E-state index contributed by atoms with van der Waals surface area (Å²) in [5.41, 5.74) is 1.27. The van der Waals surface area contributed by atoms with E-state index in [-0.39, 0.29) is 18.1 Å².